The minimum Gasteiger partial charge on any atom is -0.465 e. The van der Waals surface area contributed by atoms with Gasteiger partial charge in [-0.2, -0.15) is 0 Å². The van der Waals surface area contributed by atoms with Crippen LogP contribution in [0.1, 0.15) is 13.3 Å². The molecule has 1 unspecified atom stereocenters. The number of carbonyl (C=O) groups excluding carboxylic acids is 3. The van der Waals surface area contributed by atoms with E-state index in [1.165, 1.54) is 12.3 Å². The molecule has 1 atom stereocenters. The van der Waals surface area contributed by atoms with E-state index in [2.05, 4.69) is 13.2 Å². The van der Waals surface area contributed by atoms with Gasteiger partial charge in [0.25, 0.3) is 0 Å². The smallest absolute Gasteiger partial charge is 0.318 e. The van der Waals surface area contributed by atoms with Gasteiger partial charge in [-0.25, -0.2) is 0 Å². The van der Waals surface area contributed by atoms with Crippen molar-refractivity contribution in [3.05, 3.63) is 36.7 Å². The lowest BCUT2D eigenvalue weighted by atomic mass is 9.92. The zero-order chi connectivity index (χ0) is 13.7. The predicted octanol–water partition coefficient (Wildman–Crippen LogP) is 1.18. The Morgan fingerprint density at radius 2 is 2.22 bits per heavy atom. The maximum Gasteiger partial charge on any atom is 0.318 e. The third-order valence-corrected chi connectivity index (χ3v) is 2.64. The van der Waals surface area contributed by atoms with Crippen LogP contribution >= 0.6 is 0 Å². The first-order valence-electron chi connectivity index (χ1n) is 5.53. The standard InChI is InChI=1S/C13H15NO4/c1-4-11-9(8-15)7-10(13(17)18-6-3)12(16)14(11)5-2/h4-5,8,10H,1-2,6-7H2,3H3. The van der Waals surface area contributed by atoms with E-state index in [0.717, 1.165) is 4.90 Å². The summed E-state index contributed by atoms with van der Waals surface area (Å²) < 4.78 is 4.82. The van der Waals surface area contributed by atoms with Crippen molar-refractivity contribution in [1.29, 1.82) is 0 Å². The fourth-order valence-corrected chi connectivity index (χ4v) is 1.81. The second-order valence-corrected chi connectivity index (χ2v) is 3.63. The van der Waals surface area contributed by atoms with Crippen LogP contribution in [0.15, 0.2) is 36.7 Å². The molecule has 1 heterocycles. The highest BCUT2D eigenvalue weighted by atomic mass is 16.5. The van der Waals surface area contributed by atoms with Gasteiger partial charge < -0.3 is 4.74 Å². The number of hydrogen-bond donors (Lipinski definition) is 0. The minimum atomic E-state index is -0.994. The molecular weight excluding hydrogens is 234 g/mol. The van der Waals surface area contributed by atoms with Crippen LogP contribution in [0.3, 0.4) is 0 Å². The molecule has 0 aromatic carbocycles. The summed E-state index contributed by atoms with van der Waals surface area (Å²) in [5.74, 6) is -2.08. The predicted molar refractivity (Wildman–Crippen MR) is 65.1 cm³/mol. The van der Waals surface area contributed by atoms with Crippen molar-refractivity contribution in [3.63, 3.8) is 0 Å². The monoisotopic (exact) mass is 249 g/mol. The Balaban J connectivity index is 3.16. The Bertz CT molecular complexity index is 436. The number of amides is 1. The quantitative estimate of drug-likeness (QED) is 0.417. The molecule has 1 aliphatic rings. The molecule has 0 saturated heterocycles. The van der Waals surface area contributed by atoms with Gasteiger partial charge in [-0.1, -0.05) is 13.2 Å². The summed E-state index contributed by atoms with van der Waals surface area (Å²) in [6.45, 7) is 8.88. The molecule has 96 valence electrons. The highest BCUT2D eigenvalue weighted by Crippen LogP contribution is 2.28. The topological polar surface area (TPSA) is 63.7 Å². The van der Waals surface area contributed by atoms with Gasteiger partial charge in [0.1, 0.15) is 12.2 Å². The lowest BCUT2D eigenvalue weighted by Gasteiger charge is -2.30. The molecule has 5 nitrogen and oxygen atoms in total. The van der Waals surface area contributed by atoms with E-state index in [4.69, 9.17) is 4.74 Å². The molecule has 0 aliphatic carbocycles. The molecule has 0 saturated carbocycles. The van der Waals surface area contributed by atoms with Crippen molar-refractivity contribution in [3.8, 4) is 0 Å². The second-order valence-electron chi connectivity index (χ2n) is 3.63. The Kier molecular flexibility index (Phi) is 4.59. The summed E-state index contributed by atoms with van der Waals surface area (Å²) in [5.41, 5.74) is 0.702. The van der Waals surface area contributed by atoms with Crippen molar-refractivity contribution in [2.24, 2.45) is 5.92 Å². The fourth-order valence-electron chi connectivity index (χ4n) is 1.81. The maximum atomic E-state index is 12.1. The summed E-state index contributed by atoms with van der Waals surface area (Å²) in [6.07, 6.45) is 3.30. The highest BCUT2D eigenvalue weighted by molar-refractivity contribution is 6.02. The van der Waals surface area contributed by atoms with Gasteiger partial charge in [-0.3, -0.25) is 19.3 Å². The number of esters is 1. The normalized spacial score (nSPS) is 19.5. The number of ether oxygens (including phenoxy) is 1. The largest absolute Gasteiger partial charge is 0.465 e. The van der Waals surface area contributed by atoms with Crippen LogP contribution in [0.5, 0.6) is 0 Å². The Morgan fingerprint density at radius 1 is 1.56 bits per heavy atom. The van der Waals surface area contributed by atoms with Gasteiger partial charge >= 0.3 is 5.97 Å². The average molecular weight is 249 g/mol. The average Bonchev–Trinajstić information content (AvgIpc) is 2.38. The van der Waals surface area contributed by atoms with Crippen LogP contribution in [-0.4, -0.2) is 29.7 Å². The van der Waals surface area contributed by atoms with E-state index in [9.17, 15) is 14.4 Å². The minimum absolute atomic E-state index is 0.0346. The summed E-state index contributed by atoms with van der Waals surface area (Å²) in [5, 5.41) is 0. The third-order valence-electron chi connectivity index (χ3n) is 2.64. The number of hydrogen-bond acceptors (Lipinski definition) is 4. The Labute approximate surface area is 105 Å². The van der Waals surface area contributed by atoms with Crippen LogP contribution in [0, 0.1) is 5.92 Å². The number of rotatable bonds is 5. The fraction of sp³-hybridized carbons (Fsp3) is 0.308. The van der Waals surface area contributed by atoms with Gasteiger partial charge in [0, 0.05) is 11.8 Å². The van der Waals surface area contributed by atoms with Crippen molar-refractivity contribution < 1.29 is 19.1 Å². The van der Waals surface area contributed by atoms with Crippen LogP contribution in [-0.2, 0) is 19.1 Å². The van der Waals surface area contributed by atoms with Gasteiger partial charge in [0.05, 0.1) is 12.3 Å². The van der Waals surface area contributed by atoms with E-state index in [0.29, 0.717) is 17.6 Å². The second kappa shape index (κ2) is 5.95. The molecule has 0 aromatic heterocycles. The Hall–Kier alpha value is -2.17. The summed E-state index contributed by atoms with van der Waals surface area (Å²) in [6, 6.07) is 0. The first-order valence-corrected chi connectivity index (χ1v) is 5.53. The Morgan fingerprint density at radius 3 is 2.67 bits per heavy atom. The molecule has 1 rings (SSSR count). The number of aldehydes is 1. The molecule has 0 spiro atoms. The first kappa shape index (κ1) is 13.9. The lowest BCUT2D eigenvalue weighted by molar-refractivity contribution is -0.154. The summed E-state index contributed by atoms with van der Waals surface area (Å²) in [4.78, 5) is 35.9. The molecular formula is C13H15NO4. The molecule has 0 fully saturated rings. The van der Waals surface area contributed by atoms with Crippen molar-refractivity contribution >= 4 is 18.2 Å². The van der Waals surface area contributed by atoms with Gasteiger partial charge in [-0.15, -0.1) is 0 Å². The van der Waals surface area contributed by atoms with E-state index in [1.807, 2.05) is 0 Å². The third kappa shape index (κ3) is 2.40. The van der Waals surface area contributed by atoms with E-state index < -0.39 is 17.8 Å². The molecule has 0 aromatic rings. The number of nitrogens with zero attached hydrogens (tertiary/aromatic N) is 1. The van der Waals surface area contributed by atoms with E-state index in [-0.39, 0.29) is 13.0 Å². The van der Waals surface area contributed by atoms with Gasteiger partial charge in [-0.05, 0) is 19.4 Å². The number of carbonyl (C=O) groups is 3. The molecule has 0 bridgehead atoms. The maximum absolute atomic E-state index is 12.1. The van der Waals surface area contributed by atoms with Crippen molar-refractivity contribution in [2.75, 3.05) is 6.61 Å². The van der Waals surface area contributed by atoms with Gasteiger partial charge in [0.2, 0.25) is 5.91 Å². The van der Waals surface area contributed by atoms with Crippen molar-refractivity contribution in [1.82, 2.24) is 4.90 Å². The lowest BCUT2D eigenvalue weighted by Crippen LogP contribution is -2.41. The van der Waals surface area contributed by atoms with Crippen LogP contribution < -0.4 is 0 Å². The van der Waals surface area contributed by atoms with Crippen LogP contribution in [0.4, 0.5) is 0 Å². The summed E-state index contributed by atoms with van der Waals surface area (Å²) >= 11 is 0. The van der Waals surface area contributed by atoms with Crippen molar-refractivity contribution in [2.45, 2.75) is 13.3 Å². The van der Waals surface area contributed by atoms with Gasteiger partial charge in [0.15, 0.2) is 0 Å². The molecule has 5 heteroatoms. The van der Waals surface area contributed by atoms with E-state index in [1.54, 1.807) is 6.92 Å². The zero-order valence-corrected chi connectivity index (χ0v) is 10.2. The van der Waals surface area contributed by atoms with E-state index >= 15 is 0 Å². The zero-order valence-electron chi connectivity index (χ0n) is 10.2. The first-order chi connectivity index (χ1) is 8.60. The highest BCUT2D eigenvalue weighted by Gasteiger charge is 2.37. The molecule has 1 aliphatic heterocycles. The van der Waals surface area contributed by atoms with Crippen LogP contribution in [0.25, 0.3) is 0 Å². The SMILES string of the molecule is C=CC1=C(C=O)CC(C(=O)OCC)C(=O)N1C=C. The molecule has 0 N–H and O–H groups in total. The molecule has 1 amide bonds. The summed E-state index contributed by atoms with van der Waals surface area (Å²) in [7, 11) is 0. The number of allylic oxidation sites excluding steroid dienone is 2. The molecule has 18 heavy (non-hydrogen) atoms. The molecule has 0 radical (unpaired) electrons. The van der Waals surface area contributed by atoms with Crippen LogP contribution in [0.2, 0.25) is 0 Å².